The summed E-state index contributed by atoms with van der Waals surface area (Å²) < 4.78 is 4.91. The molecule has 48 heavy (non-hydrogen) atoms. The zero-order chi connectivity index (χ0) is 32.0. The lowest BCUT2D eigenvalue weighted by Crippen LogP contribution is -1.96. The van der Waals surface area contributed by atoms with E-state index in [1.54, 1.807) is 0 Å². The number of fused-ring (bicyclic) bond motifs is 7. The topological polar surface area (TPSA) is 9.86 Å². The minimum Gasteiger partial charge on any atom is -0.309 e. The molecule has 0 aliphatic carbocycles. The fourth-order valence-corrected chi connectivity index (χ4v) is 7.56. The number of hydrogen-bond donors (Lipinski definition) is 0. The molecule has 0 aliphatic rings. The fraction of sp³-hybridized carbons (Fsp3) is 0.0870. The van der Waals surface area contributed by atoms with E-state index in [0.29, 0.717) is 0 Å². The van der Waals surface area contributed by atoms with Gasteiger partial charge in [0.15, 0.2) is 0 Å². The minimum atomic E-state index is 1.15. The molecule has 0 amide bonds. The molecule has 230 valence electrons. The van der Waals surface area contributed by atoms with Crippen LogP contribution in [0, 0.1) is 0 Å². The van der Waals surface area contributed by atoms with E-state index in [-0.39, 0.29) is 0 Å². The van der Waals surface area contributed by atoms with E-state index in [0.717, 1.165) is 17.8 Å². The molecule has 0 fully saturated rings. The van der Waals surface area contributed by atoms with E-state index < -0.39 is 0 Å². The van der Waals surface area contributed by atoms with Crippen LogP contribution in [0.4, 0.5) is 0 Å². The summed E-state index contributed by atoms with van der Waals surface area (Å²) in [5, 5.41) is 5.06. The van der Waals surface area contributed by atoms with Crippen molar-refractivity contribution >= 4 is 43.6 Å². The van der Waals surface area contributed by atoms with Gasteiger partial charge in [0.2, 0.25) is 0 Å². The molecule has 2 heteroatoms. The quantitative estimate of drug-likeness (QED) is 0.169. The normalized spacial score (nSPS) is 11.7. The summed E-state index contributed by atoms with van der Waals surface area (Å²) >= 11 is 0. The van der Waals surface area contributed by atoms with Crippen molar-refractivity contribution in [3.8, 4) is 33.6 Å². The molecule has 0 atom stereocenters. The monoisotopic (exact) mass is 616 g/mol. The summed E-state index contributed by atoms with van der Waals surface area (Å²) in [6.07, 6.45) is 3.61. The lowest BCUT2D eigenvalue weighted by Gasteiger charge is -2.12. The smallest absolute Gasteiger partial charge is 0.0641 e. The lowest BCUT2D eigenvalue weighted by atomic mass is 10.0. The van der Waals surface area contributed by atoms with Gasteiger partial charge in [-0.25, -0.2) is 0 Å². The summed E-state index contributed by atoms with van der Waals surface area (Å²) in [6.45, 7) is 2.25. The van der Waals surface area contributed by atoms with Crippen molar-refractivity contribution in [1.82, 2.24) is 9.13 Å². The first-order valence-electron chi connectivity index (χ1n) is 17.1. The Kier molecular flexibility index (Phi) is 6.94. The van der Waals surface area contributed by atoms with Gasteiger partial charge in [-0.3, -0.25) is 0 Å². The van der Waals surface area contributed by atoms with Gasteiger partial charge in [0.1, 0.15) is 0 Å². The van der Waals surface area contributed by atoms with Crippen LogP contribution in [0.25, 0.3) is 77.2 Å². The van der Waals surface area contributed by atoms with Gasteiger partial charge in [0.05, 0.1) is 22.1 Å². The first-order chi connectivity index (χ1) is 23.8. The van der Waals surface area contributed by atoms with Crippen molar-refractivity contribution in [2.45, 2.75) is 26.2 Å². The van der Waals surface area contributed by atoms with E-state index in [1.165, 1.54) is 84.3 Å². The molecule has 0 unspecified atom stereocenters. The van der Waals surface area contributed by atoms with Crippen molar-refractivity contribution in [1.29, 1.82) is 0 Å². The third-order valence-electron chi connectivity index (χ3n) is 9.91. The van der Waals surface area contributed by atoms with Crippen LogP contribution in [0.15, 0.2) is 164 Å². The molecule has 0 bridgehead atoms. The Morgan fingerprint density at radius 2 is 1.04 bits per heavy atom. The standard InChI is InChI=1S/C46H36N2/c1-2-3-12-32-21-23-34(24-22-32)35-25-27-37(28-26-35)47-43-20-10-8-18-41(43)45-44(47)30-29-40-39-17-7-9-19-42(39)48(46(40)45)38-16-11-15-36(31-38)33-13-5-4-6-14-33/h4-11,13-31H,2-3,12H2,1H3. The molecule has 0 N–H and O–H groups in total. The second kappa shape index (κ2) is 11.7. The Labute approximate surface area is 281 Å². The molecule has 0 saturated heterocycles. The van der Waals surface area contributed by atoms with Gasteiger partial charge in [-0.2, -0.15) is 0 Å². The Hall–Kier alpha value is -5.86. The van der Waals surface area contributed by atoms with Crippen LogP contribution in [0.2, 0.25) is 0 Å². The highest BCUT2D eigenvalue weighted by atomic mass is 15.0. The van der Waals surface area contributed by atoms with Gasteiger partial charge in [-0.1, -0.05) is 135 Å². The third kappa shape index (κ3) is 4.64. The number of aromatic nitrogens is 2. The minimum absolute atomic E-state index is 1.15. The Balaban J connectivity index is 1.25. The van der Waals surface area contributed by atoms with Crippen molar-refractivity contribution in [2.24, 2.45) is 0 Å². The highest BCUT2D eigenvalue weighted by Crippen LogP contribution is 2.42. The maximum absolute atomic E-state index is 2.48. The number of hydrogen-bond acceptors (Lipinski definition) is 0. The van der Waals surface area contributed by atoms with E-state index in [4.69, 9.17) is 0 Å². The maximum Gasteiger partial charge on any atom is 0.0641 e. The molecule has 2 nitrogen and oxygen atoms in total. The molecule has 9 rings (SSSR count). The van der Waals surface area contributed by atoms with Gasteiger partial charge in [0.25, 0.3) is 0 Å². The lowest BCUT2D eigenvalue weighted by molar-refractivity contribution is 0.795. The van der Waals surface area contributed by atoms with Crippen LogP contribution < -0.4 is 0 Å². The van der Waals surface area contributed by atoms with Crippen LogP contribution in [0.3, 0.4) is 0 Å². The van der Waals surface area contributed by atoms with Gasteiger partial charge in [-0.15, -0.1) is 0 Å². The zero-order valence-corrected chi connectivity index (χ0v) is 27.1. The van der Waals surface area contributed by atoms with Gasteiger partial charge in [-0.05, 0) is 83.1 Å². The van der Waals surface area contributed by atoms with Gasteiger partial charge in [0, 0.05) is 32.9 Å². The molecule has 0 aliphatic heterocycles. The van der Waals surface area contributed by atoms with Crippen molar-refractivity contribution in [2.75, 3.05) is 0 Å². The van der Waals surface area contributed by atoms with Crippen LogP contribution >= 0.6 is 0 Å². The molecule has 0 spiro atoms. The van der Waals surface area contributed by atoms with E-state index >= 15 is 0 Å². The molecule has 0 radical (unpaired) electrons. The molecular weight excluding hydrogens is 581 g/mol. The van der Waals surface area contributed by atoms with Crippen LogP contribution in [-0.4, -0.2) is 9.13 Å². The van der Waals surface area contributed by atoms with Gasteiger partial charge >= 0.3 is 0 Å². The van der Waals surface area contributed by atoms with Crippen LogP contribution in [-0.2, 0) is 6.42 Å². The summed E-state index contributed by atoms with van der Waals surface area (Å²) in [5.74, 6) is 0. The second-order valence-corrected chi connectivity index (χ2v) is 12.8. The number of rotatable bonds is 7. The molecule has 9 aromatic rings. The SMILES string of the molecule is CCCCc1ccc(-c2ccc(-n3c4ccccc4c4c3ccc3c5ccccc5n(-c5cccc(-c6ccccc6)c5)c34)cc2)cc1. The number of aryl methyl sites for hydroxylation is 1. The molecule has 2 heterocycles. The summed E-state index contributed by atoms with van der Waals surface area (Å²) in [4.78, 5) is 0. The summed E-state index contributed by atoms with van der Waals surface area (Å²) in [5.41, 5.74) is 13.5. The predicted octanol–water partition coefficient (Wildman–Crippen LogP) is 12.6. The number of unbranched alkanes of at least 4 members (excludes halogenated alkanes) is 1. The highest BCUT2D eigenvalue weighted by molar-refractivity contribution is 6.26. The summed E-state index contributed by atoms with van der Waals surface area (Å²) in [7, 11) is 0. The first kappa shape index (κ1) is 28.4. The van der Waals surface area contributed by atoms with E-state index in [9.17, 15) is 0 Å². The van der Waals surface area contributed by atoms with E-state index in [1.807, 2.05) is 0 Å². The van der Waals surface area contributed by atoms with Crippen LogP contribution in [0.5, 0.6) is 0 Å². The first-order valence-corrected chi connectivity index (χ1v) is 17.1. The average molecular weight is 617 g/mol. The highest BCUT2D eigenvalue weighted by Gasteiger charge is 2.21. The largest absolute Gasteiger partial charge is 0.309 e. The molecule has 2 aromatic heterocycles. The van der Waals surface area contributed by atoms with Gasteiger partial charge < -0.3 is 9.13 Å². The average Bonchev–Trinajstić information content (AvgIpc) is 3.68. The zero-order valence-electron chi connectivity index (χ0n) is 27.1. The molecule has 7 aromatic carbocycles. The van der Waals surface area contributed by atoms with Crippen molar-refractivity contribution in [3.63, 3.8) is 0 Å². The Morgan fingerprint density at radius 3 is 1.79 bits per heavy atom. The number of para-hydroxylation sites is 2. The van der Waals surface area contributed by atoms with Crippen LogP contribution in [0.1, 0.15) is 25.3 Å². The Morgan fingerprint density at radius 1 is 0.417 bits per heavy atom. The summed E-state index contributed by atoms with van der Waals surface area (Å²) in [6, 6.07) is 60.1. The second-order valence-electron chi connectivity index (χ2n) is 12.8. The third-order valence-corrected chi connectivity index (χ3v) is 9.91. The number of benzene rings is 7. The Bertz CT molecular complexity index is 2570. The number of nitrogens with zero attached hydrogens (tertiary/aromatic N) is 2. The molecule has 0 saturated carbocycles. The fourth-order valence-electron chi connectivity index (χ4n) is 7.56. The predicted molar refractivity (Wildman–Crippen MR) is 205 cm³/mol. The maximum atomic E-state index is 2.48. The van der Waals surface area contributed by atoms with E-state index in [2.05, 4.69) is 180 Å². The van der Waals surface area contributed by atoms with Crippen molar-refractivity contribution < 1.29 is 0 Å². The van der Waals surface area contributed by atoms with Crippen molar-refractivity contribution in [3.05, 3.63) is 169 Å². The molecular formula is C46H36N2.